The van der Waals surface area contributed by atoms with E-state index in [9.17, 15) is 18.0 Å². The number of hydrogen-bond acceptors (Lipinski definition) is 5. The van der Waals surface area contributed by atoms with Crippen molar-refractivity contribution < 1.29 is 22.7 Å². The number of halogens is 2. The highest BCUT2D eigenvalue weighted by Crippen LogP contribution is 2.28. The molecule has 3 aromatic rings. The molecule has 0 fully saturated rings. The Bertz CT molecular complexity index is 1400. The molecule has 214 valence electrons. The smallest absolute Gasteiger partial charge is 0.264 e. The van der Waals surface area contributed by atoms with Gasteiger partial charge in [-0.1, -0.05) is 48.3 Å². The van der Waals surface area contributed by atoms with Crippen molar-refractivity contribution in [2.24, 2.45) is 0 Å². The maximum atomic E-state index is 14.0. The Balaban J connectivity index is 2.07. The number of benzene rings is 3. The molecule has 11 heteroatoms. The van der Waals surface area contributed by atoms with Crippen LogP contribution >= 0.6 is 23.2 Å². The van der Waals surface area contributed by atoms with Crippen molar-refractivity contribution in [2.45, 2.75) is 44.7 Å². The van der Waals surface area contributed by atoms with E-state index in [-0.39, 0.29) is 23.0 Å². The molecule has 0 saturated carbocycles. The molecule has 0 spiro atoms. The molecule has 0 aliphatic heterocycles. The third kappa shape index (κ3) is 7.68. The van der Waals surface area contributed by atoms with Gasteiger partial charge in [-0.15, -0.1) is 0 Å². The van der Waals surface area contributed by atoms with Gasteiger partial charge in [0, 0.05) is 23.1 Å². The van der Waals surface area contributed by atoms with Gasteiger partial charge in [-0.05, 0) is 80.4 Å². The highest BCUT2D eigenvalue weighted by atomic mass is 35.5. The van der Waals surface area contributed by atoms with E-state index in [1.807, 2.05) is 6.92 Å². The Hall–Kier alpha value is -3.27. The summed E-state index contributed by atoms with van der Waals surface area (Å²) in [5.74, 6) is -0.341. The van der Waals surface area contributed by atoms with E-state index in [4.69, 9.17) is 27.9 Å². The number of carbonyl (C=O) groups excluding carboxylic acids is 2. The van der Waals surface area contributed by atoms with Gasteiger partial charge in [0.1, 0.15) is 18.3 Å². The molecule has 0 aromatic heterocycles. The van der Waals surface area contributed by atoms with Gasteiger partial charge in [0.15, 0.2) is 0 Å². The molecule has 0 aliphatic carbocycles. The summed E-state index contributed by atoms with van der Waals surface area (Å²) < 4.78 is 34.3. The van der Waals surface area contributed by atoms with Crippen LogP contribution in [0.3, 0.4) is 0 Å². The van der Waals surface area contributed by atoms with Gasteiger partial charge in [-0.2, -0.15) is 0 Å². The van der Waals surface area contributed by atoms with E-state index in [2.05, 4.69) is 5.32 Å². The number of rotatable bonds is 13. The SMILES string of the molecule is CCNC(=O)C(CC)N(Cc1ccccc1Cl)C(=O)CN(c1ccc(OCC)cc1)S(=O)(=O)c1ccc(Cl)cc1. The Labute approximate surface area is 245 Å². The Morgan fingerprint density at radius 2 is 1.57 bits per heavy atom. The van der Waals surface area contributed by atoms with Crippen LogP contribution in [-0.4, -0.2) is 50.9 Å². The fourth-order valence-electron chi connectivity index (χ4n) is 4.16. The number of hydrogen-bond donors (Lipinski definition) is 1. The van der Waals surface area contributed by atoms with Crippen molar-refractivity contribution in [1.82, 2.24) is 10.2 Å². The van der Waals surface area contributed by atoms with Gasteiger partial charge in [-0.25, -0.2) is 8.42 Å². The summed E-state index contributed by atoms with van der Waals surface area (Å²) in [4.78, 5) is 28.4. The quantitative estimate of drug-likeness (QED) is 0.276. The minimum atomic E-state index is -4.21. The topological polar surface area (TPSA) is 96.0 Å². The van der Waals surface area contributed by atoms with E-state index >= 15 is 0 Å². The number of carbonyl (C=O) groups is 2. The largest absolute Gasteiger partial charge is 0.494 e. The lowest BCUT2D eigenvalue weighted by atomic mass is 10.1. The van der Waals surface area contributed by atoms with Gasteiger partial charge in [0.2, 0.25) is 11.8 Å². The highest BCUT2D eigenvalue weighted by Gasteiger charge is 2.33. The summed E-state index contributed by atoms with van der Waals surface area (Å²) in [6, 6.07) is 18.3. The molecule has 0 radical (unpaired) electrons. The monoisotopic (exact) mass is 605 g/mol. The molecule has 0 aliphatic rings. The maximum Gasteiger partial charge on any atom is 0.264 e. The molecular weight excluding hydrogens is 573 g/mol. The van der Waals surface area contributed by atoms with Gasteiger partial charge in [0.25, 0.3) is 10.0 Å². The number of amides is 2. The van der Waals surface area contributed by atoms with E-state index in [1.165, 1.54) is 29.2 Å². The second-order valence-corrected chi connectivity index (χ2v) is 11.5. The van der Waals surface area contributed by atoms with Crippen LogP contribution in [0.5, 0.6) is 5.75 Å². The first-order valence-electron chi connectivity index (χ1n) is 12.9. The first-order valence-corrected chi connectivity index (χ1v) is 15.1. The van der Waals surface area contributed by atoms with Crippen molar-refractivity contribution >= 4 is 50.7 Å². The van der Waals surface area contributed by atoms with Crippen LogP contribution < -0.4 is 14.4 Å². The van der Waals surface area contributed by atoms with E-state index in [1.54, 1.807) is 62.4 Å². The average Bonchev–Trinajstić information content (AvgIpc) is 2.93. The van der Waals surface area contributed by atoms with Crippen molar-refractivity contribution in [1.29, 1.82) is 0 Å². The van der Waals surface area contributed by atoms with Gasteiger partial charge >= 0.3 is 0 Å². The summed E-state index contributed by atoms with van der Waals surface area (Å²) in [6.07, 6.45) is 0.314. The van der Waals surface area contributed by atoms with E-state index < -0.39 is 28.5 Å². The minimum absolute atomic E-state index is 0.0201. The van der Waals surface area contributed by atoms with Gasteiger partial charge in [-0.3, -0.25) is 13.9 Å². The standard InChI is InChI=1S/C29H33Cl2N3O5S/c1-4-27(29(36)32-5-2)33(19-21-9-7-8-10-26(21)31)28(35)20-34(23-13-15-24(16-14-23)39-6-3)40(37,38)25-17-11-22(30)12-18-25/h7-18,27H,4-6,19-20H2,1-3H3,(H,32,36). The highest BCUT2D eigenvalue weighted by molar-refractivity contribution is 7.92. The average molecular weight is 607 g/mol. The third-order valence-electron chi connectivity index (χ3n) is 6.15. The lowest BCUT2D eigenvalue weighted by molar-refractivity contribution is -0.140. The molecule has 40 heavy (non-hydrogen) atoms. The number of ether oxygens (including phenoxy) is 1. The number of anilines is 1. The lowest BCUT2D eigenvalue weighted by Crippen LogP contribution is -2.52. The molecule has 3 rings (SSSR count). The summed E-state index contributed by atoms with van der Waals surface area (Å²) in [7, 11) is -4.21. The van der Waals surface area contributed by atoms with Crippen molar-refractivity contribution in [3.8, 4) is 5.75 Å². The molecule has 0 heterocycles. The Kier molecular flexibility index (Phi) is 11.2. The predicted molar refractivity (Wildman–Crippen MR) is 158 cm³/mol. The Morgan fingerprint density at radius 3 is 2.15 bits per heavy atom. The number of nitrogens with one attached hydrogen (secondary N) is 1. The van der Waals surface area contributed by atoms with Crippen LogP contribution in [-0.2, 0) is 26.2 Å². The first-order chi connectivity index (χ1) is 19.1. The fraction of sp³-hybridized carbons (Fsp3) is 0.310. The molecule has 0 bridgehead atoms. The third-order valence-corrected chi connectivity index (χ3v) is 8.56. The van der Waals surface area contributed by atoms with Crippen LogP contribution in [0, 0.1) is 0 Å². The Morgan fingerprint density at radius 1 is 0.925 bits per heavy atom. The fourth-order valence-corrected chi connectivity index (χ4v) is 5.90. The van der Waals surface area contributed by atoms with E-state index in [0.717, 1.165) is 4.31 Å². The number of sulfonamides is 1. The second kappa shape index (κ2) is 14.4. The lowest BCUT2D eigenvalue weighted by Gasteiger charge is -2.33. The van der Waals surface area contributed by atoms with Gasteiger partial charge < -0.3 is 15.0 Å². The summed E-state index contributed by atoms with van der Waals surface area (Å²) >= 11 is 12.4. The molecule has 0 saturated heterocycles. The molecule has 1 N–H and O–H groups in total. The summed E-state index contributed by atoms with van der Waals surface area (Å²) in [5, 5.41) is 3.58. The zero-order valence-electron chi connectivity index (χ0n) is 22.6. The minimum Gasteiger partial charge on any atom is -0.494 e. The van der Waals surface area contributed by atoms with Gasteiger partial charge in [0.05, 0.1) is 17.2 Å². The molecule has 1 atom stereocenters. The van der Waals surface area contributed by atoms with Crippen LogP contribution in [0.4, 0.5) is 5.69 Å². The predicted octanol–water partition coefficient (Wildman–Crippen LogP) is 5.53. The second-order valence-electron chi connectivity index (χ2n) is 8.82. The van der Waals surface area contributed by atoms with Crippen molar-refractivity contribution in [2.75, 3.05) is 24.0 Å². The van der Waals surface area contributed by atoms with Crippen molar-refractivity contribution in [3.63, 3.8) is 0 Å². The molecule has 8 nitrogen and oxygen atoms in total. The first kappa shape index (κ1) is 31.3. The maximum absolute atomic E-state index is 14.0. The normalized spacial score (nSPS) is 11.9. The van der Waals surface area contributed by atoms with Crippen LogP contribution in [0.1, 0.15) is 32.8 Å². The summed E-state index contributed by atoms with van der Waals surface area (Å²) in [5.41, 5.74) is 0.893. The number of nitrogens with zero attached hydrogens (tertiary/aromatic N) is 2. The van der Waals surface area contributed by atoms with Crippen LogP contribution in [0.25, 0.3) is 0 Å². The molecular formula is C29H33Cl2N3O5S. The van der Waals surface area contributed by atoms with E-state index in [0.29, 0.717) is 40.9 Å². The zero-order chi connectivity index (χ0) is 29.3. The summed E-state index contributed by atoms with van der Waals surface area (Å²) in [6.45, 7) is 5.72. The number of likely N-dealkylation sites (N-methyl/N-ethyl adjacent to an activating group) is 1. The van der Waals surface area contributed by atoms with Crippen molar-refractivity contribution in [3.05, 3.63) is 88.4 Å². The molecule has 3 aromatic carbocycles. The van der Waals surface area contributed by atoms with Crippen LogP contribution in [0.2, 0.25) is 10.0 Å². The molecule has 1 unspecified atom stereocenters. The van der Waals surface area contributed by atoms with Crippen LogP contribution in [0.15, 0.2) is 77.7 Å². The molecule has 2 amide bonds. The zero-order valence-corrected chi connectivity index (χ0v) is 25.0.